The molecule has 0 saturated carbocycles. The van der Waals surface area contributed by atoms with E-state index in [2.05, 4.69) is 41.5 Å². The van der Waals surface area contributed by atoms with Gasteiger partial charge in [0.2, 0.25) is 35.4 Å². The van der Waals surface area contributed by atoms with Crippen molar-refractivity contribution in [3.8, 4) is 0 Å². The Morgan fingerprint density at radius 3 is 1.56 bits per heavy atom. The molecule has 2 heterocycles. The van der Waals surface area contributed by atoms with Gasteiger partial charge in [-0.05, 0) is 87.5 Å². The number of aromatic nitrogens is 2. The van der Waals surface area contributed by atoms with Crippen molar-refractivity contribution in [3.63, 3.8) is 0 Å². The number of Topliss-reactive ketones (excluding diaryl/α,β-unsaturated/α-hetero) is 3. The number of guanidine groups is 1. The number of aliphatic carboxylic acids is 1. The van der Waals surface area contributed by atoms with Gasteiger partial charge in [-0.1, -0.05) is 71.0 Å². The van der Waals surface area contributed by atoms with Gasteiger partial charge in [0.25, 0.3) is 0 Å². The number of fused-ring (bicyclic) bond motifs is 2. The van der Waals surface area contributed by atoms with Crippen LogP contribution in [-0.4, -0.2) is 162 Å². The first-order valence-electron chi connectivity index (χ1n) is 29.9. The molecule has 6 amide bonds. The molecule has 0 aliphatic carbocycles. The van der Waals surface area contributed by atoms with E-state index in [4.69, 9.17) is 17.2 Å². The largest absolute Gasteiger partial charge is 0.481 e. The van der Waals surface area contributed by atoms with Crippen LogP contribution in [0.4, 0.5) is 0 Å². The van der Waals surface area contributed by atoms with Crippen LogP contribution in [0.25, 0.3) is 21.8 Å². The fourth-order valence-corrected chi connectivity index (χ4v) is 10.6. The van der Waals surface area contributed by atoms with Crippen molar-refractivity contribution in [1.82, 2.24) is 36.6 Å². The molecule has 0 radical (unpaired) electrons. The highest BCUT2D eigenvalue weighted by Gasteiger charge is 2.38. The van der Waals surface area contributed by atoms with Gasteiger partial charge >= 0.3 is 5.97 Å². The number of nitrogens with zero attached hydrogens (tertiary/aromatic N) is 1. The smallest absolute Gasteiger partial charge is 0.305 e. The molecule has 4 rings (SSSR count). The third-order valence-corrected chi connectivity index (χ3v) is 15.5. The number of aliphatic hydroxyl groups excluding tert-OH is 4. The first-order chi connectivity index (χ1) is 41.5. The number of aromatic amines is 2. The summed E-state index contributed by atoms with van der Waals surface area (Å²) in [6, 6.07) is 7.79. The number of carbonyl (C=O) groups is 10. The molecule has 0 fully saturated rings. The lowest BCUT2D eigenvalue weighted by atomic mass is 9.87. The number of H-pyrrole nitrogens is 2. The standard InChI is InChI=1S/C62H91N11O15/c1-32(2)19-37(59(86)72-49(56(63)83)27-54(81)82)23-50(77)35(6)69-58(85)38(20-33(3)4)25-53(80)55(36(7)76)73-60(87)39(21-40-28-67-45-15-10-8-13-43(40)45)24-51(78)47(17-12-18-66-62(64)65)70-61(88)42(31-75)26-52(79)48(71-57(84)34(5)30-74)22-41-29-68-46-16-11-9-14-44(41)46/h8-11,13-16,28-29,32-39,42,47-50,55,67-68,74-77H,12,17-27,30-31H2,1-7H3,(H2,63,83)(H,69,85)(H,70,88)(H,71,84)(H,72,86)(H,73,87)(H,81,82)(H4,64,65,66)/t34-,35+,36+,37+,38+,39+,42-,47+,48+,49+,50-,55+/m1/s1. The van der Waals surface area contributed by atoms with E-state index in [1.165, 1.54) is 20.8 Å². The molecule has 26 nitrogen and oxygen atoms in total. The molecule has 0 unspecified atom stereocenters. The quantitative estimate of drug-likeness (QED) is 0.0168. The minimum atomic E-state index is -1.62. The van der Waals surface area contributed by atoms with Crippen LogP contribution in [0.3, 0.4) is 0 Å². The number of para-hydroxylation sites is 2. The summed E-state index contributed by atoms with van der Waals surface area (Å²) in [4.78, 5) is 147. The summed E-state index contributed by atoms with van der Waals surface area (Å²) in [6.07, 6.45) is -1.86. The maximum absolute atomic E-state index is 14.8. The third-order valence-electron chi connectivity index (χ3n) is 15.5. The second-order valence-electron chi connectivity index (χ2n) is 23.9. The Hall–Kier alpha value is -8.07. The fraction of sp³-hybridized carbons (Fsp3) is 0.565. The number of rotatable bonds is 40. The zero-order chi connectivity index (χ0) is 65.5. The van der Waals surface area contributed by atoms with Crippen LogP contribution in [0.2, 0.25) is 0 Å². The van der Waals surface area contributed by atoms with Gasteiger partial charge < -0.3 is 79.3 Å². The van der Waals surface area contributed by atoms with Gasteiger partial charge in [-0.25, -0.2) is 0 Å². The molecule has 2 aromatic carbocycles. The second kappa shape index (κ2) is 35.1. The second-order valence-corrected chi connectivity index (χ2v) is 23.9. The number of benzene rings is 2. The van der Waals surface area contributed by atoms with E-state index in [-0.39, 0.29) is 69.3 Å². The SMILES string of the molecule is CC(C)C[C@@H](C[C@@H](O)[C@H](C)NC(=O)[C@H](CC(=O)[C@@H](NC(=O)[C@H](CC(=O)[C@H](CCCN=C(N)N)NC(=O)[C@@H](CO)CC(=O)[C@H](Cc1c[nH]c2ccccc12)NC(=O)[C@H](C)CO)Cc1c[nH]c2ccccc12)[C@H](C)O)CC(C)C)C(=O)N[C@@H](CC(=O)O)C(N)=O. The first-order valence-corrected chi connectivity index (χ1v) is 29.9. The normalized spacial score (nSPS) is 15.7. The molecule has 88 heavy (non-hydrogen) atoms. The molecule has 4 aromatic rings. The molecule has 484 valence electrons. The highest BCUT2D eigenvalue weighted by atomic mass is 16.4. The Labute approximate surface area is 511 Å². The maximum Gasteiger partial charge on any atom is 0.305 e. The van der Waals surface area contributed by atoms with Crippen LogP contribution in [0.5, 0.6) is 0 Å². The van der Waals surface area contributed by atoms with Gasteiger partial charge in [-0.2, -0.15) is 0 Å². The molecule has 0 spiro atoms. The molecule has 0 saturated heterocycles. The van der Waals surface area contributed by atoms with E-state index < -0.39 is 170 Å². The van der Waals surface area contributed by atoms with Gasteiger partial charge in [0.1, 0.15) is 12.1 Å². The number of carboxylic acid groups (broad SMARTS) is 1. The number of carboxylic acids is 1. The highest BCUT2D eigenvalue weighted by Crippen LogP contribution is 2.27. The van der Waals surface area contributed by atoms with E-state index in [1.54, 1.807) is 30.6 Å². The first kappa shape index (κ1) is 72.4. The van der Waals surface area contributed by atoms with E-state index in [0.717, 1.165) is 10.9 Å². The minimum absolute atomic E-state index is 0.00814. The number of aliphatic hydroxyl groups is 4. The van der Waals surface area contributed by atoms with E-state index in [1.807, 2.05) is 58.0 Å². The van der Waals surface area contributed by atoms with Crippen molar-refractivity contribution in [1.29, 1.82) is 0 Å². The summed E-state index contributed by atoms with van der Waals surface area (Å²) in [6.45, 7) is 10.2. The monoisotopic (exact) mass is 1230 g/mol. The molecule has 26 heteroatoms. The summed E-state index contributed by atoms with van der Waals surface area (Å²) in [5, 5.41) is 66.8. The Bertz CT molecular complexity index is 3060. The van der Waals surface area contributed by atoms with Crippen LogP contribution >= 0.6 is 0 Å². The summed E-state index contributed by atoms with van der Waals surface area (Å²) in [7, 11) is 0. The number of amides is 6. The van der Waals surface area contributed by atoms with Gasteiger partial charge in [-0.3, -0.25) is 52.9 Å². The molecule has 0 aliphatic heterocycles. The van der Waals surface area contributed by atoms with Gasteiger partial charge in [0.15, 0.2) is 23.3 Å². The Kier molecular flexibility index (Phi) is 28.8. The fourth-order valence-electron chi connectivity index (χ4n) is 10.6. The van der Waals surface area contributed by atoms with Crippen LogP contribution in [0.15, 0.2) is 65.9 Å². The van der Waals surface area contributed by atoms with E-state index in [0.29, 0.717) is 22.0 Å². The lowest BCUT2D eigenvalue weighted by molar-refractivity contribution is -0.140. The average molecular weight is 1230 g/mol. The minimum Gasteiger partial charge on any atom is -0.481 e. The molecular weight excluding hydrogens is 1140 g/mol. The topological polar surface area (TPSA) is 454 Å². The van der Waals surface area contributed by atoms with Crippen LogP contribution in [-0.2, 0) is 60.8 Å². The van der Waals surface area contributed by atoms with Crippen molar-refractivity contribution in [2.24, 2.45) is 63.6 Å². The van der Waals surface area contributed by atoms with Crippen molar-refractivity contribution >= 4 is 86.5 Å². The average Bonchev–Trinajstić information content (AvgIpc) is 4.27. The number of nitrogens with two attached hydrogens (primary N) is 3. The Morgan fingerprint density at radius 1 is 0.534 bits per heavy atom. The van der Waals surface area contributed by atoms with Crippen molar-refractivity contribution < 1.29 is 73.5 Å². The van der Waals surface area contributed by atoms with Crippen LogP contribution < -0.4 is 43.8 Å². The van der Waals surface area contributed by atoms with Crippen molar-refractivity contribution in [2.75, 3.05) is 19.8 Å². The molecule has 0 bridgehead atoms. The van der Waals surface area contributed by atoms with Crippen LogP contribution in [0, 0.1) is 41.4 Å². The Balaban J connectivity index is 1.60. The number of hydrogen-bond acceptors (Lipinski definition) is 15. The number of primary amides is 1. The zero-order valence-corrected chi connectivity index (χ0v) is 51.3. The summed E-state index contributed by atoms with van der Waals surface area (Å²) >= 11 is 0. The third kappa shape index (κ3) is 22.6. The molecule has 2 aromatic heterocycles. The van der Waals surface area contributed by atoms with Gasteiger partial charge in [-0.15, -0.1) is 0 Å². The van der Waals surface area contributed by atoms with Crippen molar-refractivity contribution in [2.45, 2.75) is 162 Å². The Morgan fingerprint density at radius 2 is 1.02 bits per heavy atom. The van der Waals surface area contributed by atoms with E-state index in [9.17, 15) is 73.5 Å². The molecule has 12 atom stereocenters. The summed E-state index contributed by atoms with van der Waals surface area (Å²) in [5.74, 6) is -14.3. The molecular formula is C62H91N11O15. The molecule has 18 N–H and O–H groups in total. The van der Waals surface area contributed by atoms with E-state index >= 15 is 0 Å². The number of hydrogen-bond donors (Lipinski definition) is 15. The number of ketones is 3. The zero-order valence-electron chi connectivity index (χ0n) is 51.3. The summed E-state index contributed by atoms with van der Waals surface area (Å²) < 4.78 is 0. The number of carbonyl (C=O) groups excluding carboxylic acids is 9. The van der Waals surface area contributed by atoms with Gasteiger partial charge in [0.05, 0.1) is 61.8 Å². The van der Waals surface area contributed by atoms with Crippen LogP contribution in [0.1, 0.15) is 117 Å². The molecule has 0 aliphatic rings. The highest BCUT2D eigenvalue weighted by molar-refractivity contribution is 5.98. The number of nitrogens with one attached hydrogen (secondary N) is 7. The lowest BCUT2D eigenvalue weighted by Gasteiger charge is -2.29. The predicted molar refractivity (Wildman–Crippen MR) is 328 cm³/mol. The van der Waals surface area contributed by atoms with Crippen molar-refractivity contribution in [3.05, 3.63) is 72.1 Å². The predicted octanol–water partition coefficient (Wildman–Crippen LogP) is 1.08. The maximum atomic E-state index is 14.8. The summed E-state index contributed by atoms with van der Waals surface area (Å²) in [5.41, 5.74) is 19.3. The number of aliphatic imine (C=N–C) groups is 1. The van der Waals surface area contributed by atoms with Gasteiger partial charge in [0, 0.05) is 84.2 Å². The lowest BCUT2D eigenvalue weighted by Crippen LogP contribution is -2.52.